The molecule has 9 heteroatoms. The highest BCUT2D eigenvalue weighted by Gasteiger charge is 2.42. The van der Waals surface area contributed by atoms with Crippen LogP contribution in [0.1, 0.15) is 67.3 Å². The van der Waals surface area contributed by atoms with E-state index in [0.29, 0.717) is 42.8 Å². The number of ether oxygens (including phenoxy) is 1. The van der Waals surface area contributed by atoms with Crippen LogP contribution in [0.25, 0.3) is 0 Å². The Morgan fingerprint density at radius 1 is 1.03 bits per heavy atom. The maximum Gasteiger partial charge on any atom is 0.243 e. The van der Waals surface area contributed by atoms with Crippen molar-refractivity contribution in [2.75, 3.05) is 33.2 Å². The SMILES string of the molecule is CN(Cc1cc(OC2CCCCC2N2CC(C3CCN(C=O)CC3)C2)ccc1C=O)C1CCC(=O)NC1=O. The first-order valence-corrected chi connectivity index (χ1v) is 14.2. The summed E-state index contributed by atoms with van der Waals surface area (Å²) in [5.74, 6) is 1.67. The van der Waals surface area contributed by atoms with Crippen molar-refractivity contribution in [2.45, 2.75) is 76.1 Å². The Kier molecular flexibility index (Phi) is 8.43. The van der Waals surface area contributed by atoms with Gasteiger partial charge in [-0.25, -0.2) is 0 Å². The van der Waals surface area contributed by atoms with Gasteiger partial charge in [0.25, 0.3) is 0 Å². The number of likely N-dealkylation sites (tertiary alicyclic amines) is 2. The second kappa shape index (κ2) is 11.9. The highest BCUT2D eigenvalue weighted by molar-refractivity contribution is 6.00. The van der Waals surface area contributed by atoms with E-state index in [0.717, 1.165) is 82.3 Å². The Labute approximate surface area is 224 Å². The van der Waals surface area contributed by atoms with E-state index in [4.69, 9.17) is 4.74 Å². The summed E-state index contributed by atoms with van der Waals surface area (Å²) in [5.41, 5.74) is 1.41. The molecule has 38 heavy (non-hydrogen) atoms. The first-order valence-electron chi connectivity index (χ1n) is 14.2. The van der Waals surface area contributed by atoms with E-state index < -0.39 is 6.04 Å². The van der Waals surface area contributed by atoms with Gasteiger partial charge < -0.3 is 9.64 Å². The topological polar surface area (TPSA) is 99.3 Å². The number of benzene rings is 1. The normalized spacial score (nSPS) is 27.6. The number of amides is 3. The lowest BCUT2D eigenvalue weighted by Gasteiger charge is -2.51. The molecule has 0 bridgehead atoms. The molecule has 3 unspecified atom stereocenters. The molecule has 1 aromatic rings. The molecule has 206 valence electrons. The minimum Gasteiger partial charge on any atom is -0.489 e. The minimum atomic E-state index is -0.399. The van der Waals surface area contributed by atoms with Crippen LogP contribution in [0.5, 0.6) is 5.75 Å². The minimum absolute atomic E-state index is 0.115. The van der Waals surface area contributed by atoms with Gasteiger partial charge in [-0.2, -0.15) is 0 Å². The van der Waals surface area contributed by atoms with E-state index in [1.807, 2.05) is 29.0 Å². The third-order valence-electron chi connectivity index (χ3n) is 9.16. The Bertz CT molecular complexity index is 1030. The fourth-order valence-electron chi connectivity index (χ4n) is 6.81. The highest BCUT2D eigenvalue weighted by Crippen LogP contribution is 2.37. The molecular weight excluding hydrogens is 484 g/mol. The van der Waals surface area contributed by atoms with E-state index in [1.54, 1.807) is 6.07 Å². The summed E-state index contributed by atoms with van der Waals surface area (Å²) in [6.07, 6.45) is 9.49. The fourth-order valence-corrected chi connectivity index (χ4v) is 6.81. The third-order valence-corrected chi connectivity index (χ3v) is 9.16. The zero-order valence-corrected chi connectivity index (χ0v) is 22.3. The molecule has 4 fully saturated rings. The van der Waals surface area contributed by atoms with Crippen molar-refractivity contribution >= 4 is 24.5 Å². The largest absolute Gasteiger partial charge is 0.489 e. The van der Waals surface area contributed by atoms with Gasteiger partial charge in [0.2, 0.25) is 18.2 Å². The molecular formula is C29H40N4O5. The molecule has 0 spiro atoms. The Morgan fingerprint density at radius 2 is 1.79 bits per heavy atom. The molecule has 3 aliphatic heterocycles. The molecule has 4 aliphatic rings. The van der Waals surface area contributed by atoms with Gasteiger partial charge in [-0.05, 0) is 81.2 Å². The lowest BCUT2D eigenvalue weighted by atomic mass is 9.77. The zero-order valence-electron chi connectivity index (χ0n) is 22.3. The van der Waals surface area contributed by atoms with Crippen LogP contribution in [0, 0.1) is 11.8 Å². The van der Waals surface area contributed by atoms with Crippen molar-refractivity contribution in [1.29, 1.82) is 0 Å². The maximum absolute atomic E-state index is 12.3. The smallest absolute Gasteiger partial charge is 0.243 e. The Hall–Kier alpha value is -2.78. The molecule has 1 saturated carbocycles. The van der Waals surface area contributed by atoms with E-state index >= 15 is 0 Å². The van der Waals surface area contributed by atoms with Crippen molar-refractivity contribution in [3.63, 3.8) is 0 Å². The van der Waals surface area contributed by atoms with Crippen LogP contribution < -0.4 is 10.1 Å². The van der Waals surface area contributed by atoms with Gasteiger partial charge in [-0.3, -0.25) is 34.3 Å². The second-order valence-corrected chi connectivity index (χ2v) is 11.6. The first kappa shape index (κ1) is 26.8. The van der Waals surface area contributed by atoms with Crippen molar-refractivity contribution in [2.24, 2.45) is 11.8 Å². The van der Waals surface area contributed by atoms with Crippen molar-refractivity contribution in [3.8, 4) is 5.75 Å². The summed E-state index contributed by atoms with van der Waals surface area (Å²) in [6, 6.07) is 5.63. The Morgan fingerprint density at radius 3 is 2.50 bits per heavy atom. The van der Waals surface area contributed by atoms with Crippen molar-refractivity contribution in [3.05, 3.63) is 29.3 Å². The molecule has 1 aliphatic carbocycles. The van der Waals surface area contributed by atoms with E-state index in [1.165, 1.54) is 6.42 Å². The predicted molar refractivity (Wildman–Crippen MR) is 142 cm³/mol. The number of piperidine rings is 2. The standard InChI is InChI=1S/C29H40N4O5/c1-31(26-8-9-28(36)30-29(26)37)15-22-14-24(7-6-21(22)18-34)38-27-5-3-2-4-25(27)33-16-23(17-33)20-10-12-32(19-35)13-11-20/h6-7,14,18-20,23,25-27H,2-5,8-13,15-17H2,1H3,(H,30,36,37). The lowest BCUT2D eigenvalue weighted by Crippen LogP contribution is -2.60. The van der Waals surface area contributed by atoms with Crippen LogP contribution in [0.2, 0.25) is 0 Å². The molecule has 9 nitrogen and oxygen atoms in total. The number of nitrogens with zero attached hydrogens (tertiary/aromatic N) is 3. The summed E-state index contributed by atoms with van der Waals surface area (Å²) >= 11 is 0. The zero-order chi connectivity index (χ0) is 26.6. The van der Waals surface area contributed by atoms with Gasteiger partial charge in [0.15, 0.2) is 0 Å². The van der Waals surface area contributed by atoms with Crippen molar-refractivity contribution in [1.82, 2.24) is 20.0 Å². The van der Waals surface area contributed by atoms with Crippen LogP contribution in [0.4, 0.5) is 0 Å². The molecule has 1 N–H and O–H groups in total. The summed E-state index contributed by atoms with van der Waals surface area (Å²) in [5, 5.41) is 2.41. The molecule has 1 aromatic carbocycles. The van der Waals surface area contributed by atoms with Gasteiger partial charge in [0, 0.05) is 50.7 Å². The van der Waals surface area contributed by atoms with Crippen LogP contribution in [0.15, 0.2) is 18.2 Å². The first-order chi connectivity index (χ1) is 18.4. The number of rotatable bonds is 9. The maximum atomic E-state index is 12.3. The van der Waals surface area contributed by atoms with Gasteiger partial charge >= 0.3 is 0 Å². The molecule has 3 saturated heterocycles. The molecule has 3 atom stereocenters. The predicted octanol–water partition coefficient (Wildman–Crippen LogP) is 2.23. The van der Waals surface area contributed by atoms with Gasteiger partial charge in [-0.1, -0.05) is 6.42 Å². The second-order valence-electron chi connectivity index (χ2n) is 11.6. The van der Waals surface area contributed by atoms with Gasteiger partial charge in [0.1, 0.15) is 18.1 Å². The summed E-state index contributed by atoms with van der Waals surface area (Å²) in [7, 11) is 1.85. The summed E-state index contributed by atoms with van der Waals surface area (Å²) in [6.45, 7) is 4.42. The quantitative estimate of drug-likeness (QED) is 0.391. The van der Waals surface area contributed by atoms with Crippen LogP contribution >= 0.6 is 0 Å². The van der Waals surface area contributed by atoms with Crippen LogP contribution in [-0.4, -0.2) is 90.6 Å². The van der Waals surface area contributed by atoms with Gasteiger partial charge in [0.05, 0.1) is 6.04 Å². The molecule has 5 rings (SSSR count). The number of imide groups is 1. The van der Waals surface area contributed by atoms with Crippen LogP contribution in [0.3, 0.4) is 0 Å². The number of hydrogen-bond donors (Lipinski definition) is 1. The van der Waals surface area contributed by atoms with Gasteiger partial charge in [-0.15, -0.1) is 0 Å². The van der Waals surface area contributed by atoms with E-state index in [-0.39, 0.29) is 17.9 Å². The average molecular weight is 525 g/mol. The molecule has 0 aromatic heterocycles. The van der Waals surface area contributed by atoms with E-state index in [9.17, 15) is 19.2 Å². The molecule has 3 amide bonds. The summed E-state index contributed by atoms with van der Waals surface area (Å²) < 4.78 is 6.59. The molecule has 3 heterocycles. The van der Waals surface area contributed by atoms with Crippen LogP contribution in [-0.2, 0) is 20.9 Å². The number of carbonyl (C=O) groups excluding carboxylic acids is 4. The third kappa shape index (κ3) is 5.94. The number of hydrogen-bond acceptors (Lipinski definition) is 7. The number of likely N-dealkylation sites (N-methyl/N-ethyl adjacent to an activating group) is 1. The fraction of sp³-hybridized carbons (Fsp3) is 0.655. The monoisotopic (exact) mass is 524 g/mol. The molecule has 0 radical (unpaired) electrons. The number of nitrogens with one attached hydrogen (secondary N) is 1. The highest BCUT2D eigenvalue weighted by atomic mass is 16.5. The Balaban J connectivity index is 1.20. The number of aldehydes is 1. The number of carbonyl (C=O) groups is 4. The van der Waals surface area contributed by atoms with Crippen molar-refractivity contribution < 1.29 is 23.9 Å². The lowest BCUT2D eigenvalue weighted by molar-refractivity contribution is -0.137. The van der Waals surface area contributed by atoms with E-state index in [2.05, 4.69) is 10.2 Å². The average Bonchev–Trinajstić information content (AvgIpc) is 2.89. The summed E-state index contributed by atoms with van der Waals surface area (Å²) in [4.78, 5) is 53.0.